The summed E-state index contributed by atoms with van der Waals surface area (Å²) in [4.78, 5) is 20.9. The molecule has 24 heavy (non-hydrogen) atoms. The van der Waals surface area contributed by atoms with Crippen molar-refractivity contribution in [1.82, 2.24) is 0 Å². The topological polar surface area (TPSA) is 86.3 Å². The van der Waals surface area contributed by atoms with E-state index in [2.05, 4.69) is 0 Å². The highest BCUT2D eigenvalue weighted by Gasteiger charge is 2.32. The number of hydrogen-bond donors (Lipinski definition) is 0. The van der Waals surface area contributed by atoms with Gasteiger partial charge in [-0.25, -0.2) is 0 Å². The first-order valence-electron chi connectivity index (χ1n) is 6.08. The van der Waals surface area contributed by atoms with E-state index in [4.69, 9.17) is 0 Å². The summed E-state index contributed by atoms with van der Waals surface area (Å²) in [6, 6.07) is 12.7. The van der Waals surface area contributed by atoms with Crippen LogP contribution in [0.2, 0.25) is 0 Å². The predicted molar refractivity (Wildman–Crippen MR) is 73.8 cm³/mol. The van der Waals surface area contributed by atoms with Crippen molar-refractivity contribution in [1.29, 1.82) is 0 Å². The lowest BCUT2D eigenvalue weighted by Crippen LogP contribution is -3.61. The Morgan fingerprint density at radius 3 is 1.33 bits per heavy atom. The normalized spacial score (nSPS) is 10.5. The molecule has 2 aromatic carbocycles. The monoisotopic (exact) mass is 458 g/mol. The van der Waals surface area contributed by atoms with Gasteiger partial charge in [-0.1, -0.05) is 24.3 Å². The molecule has 2 rings (SSSR count). The quantitative estimate of drug-likeness (QED) is 0.225. The van der Waals surface area contributed by atoms with Gasteiger partial charge in [-0.05, 0) is 12.1 Å². The second kappa shape index (κ2) is 8.56. The van der Waals surface area contributed by atoms with Gasteiger partial charge in [-0.3, -0.25) is 20.2 Å². The third kappa shape index (κ3) is 6.89. The van der Waals surface area contributed by atoms with Crippen LogP contribution in [0.15, 0.2) is 48.5 Å². The zero-order valence-electron chi connectivity index (χ0n) is 11.6. The van der Waals surface area contributed by atoms with E-state index in [1.54, 1.807) is 36.4 Å². The molecule has 0 fully saturated rings. The minimum Gasteiger partial charge on any atom is -0.418 e. The summed E-state index contributed by atoms with van der Waals surface area (Å²) in [6.07, 6.45) is 0. The molecule has 0 aliphatic heterocycles. The number of benzene rings is 2. The third-order valence-corrected chi connectivity index (χ3v) is 5.29. The van der Waals surface area contributed by atoms with Gasteiger partial charge in [-0.2, -0.15) is 0 Å². The fraction of sp³-hybridized carbons (Fsp3) is 0. The van der Waals surface area contributed by atoms with Crippen LogP contribution in [-0.2, 0) is 0 Å². The molecular weight excluding hydrogens is 450 g/mol. The summed E-state index contributed by atoms with van der Waals surface area (Å²) in [5, 5.41) is 21.8. The van der Waals surface area contributed by atoms with Gasteiger partial charge in [-0.15, -0.1) is 0 Å². The molecule has 0 aliphatic rings. The number of nitro groups is 2. The molecule has 0 spiro atoms. The van der Waals surface area contributed by atoms with Gasteiger partial charge in [0.05, 0.1) is 9.85 Å². The van der Waals surface area contributed by atoms with Crippen molar-refractivity contribution < 1.29 is 48.3 Å². The van der Waals surface area contributed by atoms with Crippen molar-refractivity contribution >= 4 is 18.6 Å². The zero-order valence-corrected chi connectivity index (χ0v) is 13.8. The molecule has 0 N–H and O–H groups in total. The molecule has 0 saturated heterocycles. The highest BCUT2D eigenvalue weighted by Crippen LogP contribution is 2.11. The Bertz CT molecular complexity index is 683. The Kier molecular flexibility index (Phi) is 7.07. The maximum Gasteiger partial charge on any atom is 0.673 e. The molecule has 0 saturated carbocycles. The van der Waals surface area contributed by atoms with Gasteiger partial charge in [0.15, 0.2) is 0 Å². The Labute approximate surface area is 143 Å². The fourth-order valence-electron chi connectivity index (χ4n) is 1.47. The highest BCUT2D eigenvalue weighted by atomic mass is 127. The van der Waals surface area contributed by atoms with Crippen molar-refractivity contribution in [3.05, 3.63) is 75.9 Å². The van der Waals surface area contributed by atoms with E-state index in [0.29, 0.717) is 7.14 Å². The van der Waals surface area contributed by atoms with Crippen molar-refractivity contribution in [2.45, 2.75) is 0 Å². The molecule has 0 aromatic heterocycles. The molecular formula is C12H8BF4IN2O4. The smallest absolute Gasteiger partial charge is 0.418 e. The van der Waals surface area contributed by atoms with E-state index in [1.165, 1.54) is 12.1 Å². The lowest BCUT2D eigenvalue weighted by Gasteiger charge is -1.94. The van der Waals surface area contributed by atoms with E-state index < -0.39 is 38.3 Å². The molecule has 0 bridgehead atoms. The number of hydrogen-bond acceptors (Lipinski definition) is 4. The summed E-state index contributed by atoms with van der Waals surface area (Å²) in [5.41, 5.74) is 0.0434. The largest absolute Gasteiger partial charge is 0.673 e. The van der Waals surface area contributed by atoms with E-state index >= 15 is 0 Å². The van der Waals surface area contributed by atoms with Crippen LogP contribution in [0.4, 0.5) is 28.6 Å². The van der Waals surface area contributed by atoms with Gasteiger partial charge >= 0.3 is 39.8 Å². The van der Waals surface area contributed by atoms with Crippen LogP contribution in [-0.4, -0.2) is 17.1 Å². The molecule has 128 valence electrons. The van der Waals surface area contributed by atoms with Gasteiger partial charge in [0.1, 0.15) is 0 Å². The molecule has 0 aliphatic carbocycles. The second-order valence-corrected chi connectivity index (χ2v) is 6.87. The number of rotatable bonds is 4. The molecule has 2 aromatic rings. The molecule has 0 atom stereocenters. The average molecular weight is 458 g/mol. The first-order chi connectivity index (χ1) is 11.1. The number of nitro benzene ring substituents is 2. The maximum absolute atomic E-state index is 10.9. The van der Waals surface area contributed by atoms with E-state index in [9.17, 15) is 37.5 Å². The van der Waals surface area contributed by atoms with Gasteiger partial charge in [0.25, 0.3) is 7.14 Å². The van der Waals surface area contributed by atoms with Crippen molar-refractivity contribution in [2.24, 2.45) is 0 Å². The van der Waals surface area contributed by atoms with Crippen molar-refractivity contribution in [2.75, 3.05) is 0 Å². The van der Waals surface area contributed by atoms with Crippen LogP contribution in [0.3, 0.4) is 0 Å². The molecule has 12 heteroatoms. The standard InChI is InChI=1S/C12H8IN2O4.BF4/c16-14(17)11-7-3-1-5-9(11)13-10-6-2-4-8-12(10)15(18)19;2-1(3,4)5/h1-8H;/q+1;-1. The van der Waals surface area contributed by atoms with Crippen molar-refractivity contribution in [3.63, 3.8) is 0 Å². The number of nitrogens with zero attached hydrogens (tertiary/aromatic N) is 2. The maximum atomic E-state index is 10.9. The highest BCUT2D eigenvalue weighted by molar-refractivity contribution is 6.50. The summed E-state index contributed by atoms with van der Waals surface area (Å²) in [7, 11) is -6.00. The Morgan fingerprint density at radius 2 is 1.04 bits per heavy atom. The lowest BCUT2D eigenvalue weighted by atomic mass is 10.3. The minimum absolute atomic E-state index is 0.0217. The van der Waals surface area contributed by atoms with Crippen LogP contribution in [0, 0.1) is 27.4 Å². The molecule has 6 nitrogen and oxygen atoms in total. The molecule has 0 unspecified atom stereocenters. The Balaban J connectivity index is 0.000000505. The molecule has 0 radical (unpaired) electrons. The van der Waals surface area contributed by atoms with Crippen LogP contribution in [0.5, 0.6) is 0 Å². The second-order valence-electron chi connectivity index (χ2n) is 4.01. The predicted octanol–water partition coefficient (Wildman–Crippen LogP) is 0.931. The first kappa shape index (κ1) is 19.8. The molecule has 0 amide bonds. The SMILES string of the molecule is F[B-](F)(F)F.O=[N+]([O-])c1ccccc1[I+]c1ccccc1[N+](=O)[O-]. The van der Waals surface area contributed by atoms with Crippen LogP contribution >= 0.6 is 0 Å². The van der Waals surface area contributed by atoms with Gasteiger partial charge in [0.2, 0.25) is 0 Å². The van der Waals surface area contributed by atoms with E-state index in [1.807, 2.05) is 0 Å². The number of halogens is 5. The Hall–Kier alpha value is -2.25. The summed E-state index contributed by atoms with van der Waals surface area (Å²) in [5.74, 6) is 0. The minimum atomic E-state index is -6.00. The van der Waals surface area contributed by atoms with Crippen LogP contribution < -0.4 is 21.2 Å². The summed E-state index contributed by atoms with van der Waals surface area (Å²) in [6.45, 7) is 0. The summed E-state index contributed by atoms with van der Waals surface area (Å²) >= 11 is -0.965. The van der Waals surface area contributed by atoms with Gasteiger partial charge < -0.3 is 17.3 Å². The fourth-order valence-corrected chi connectivity index (χ4v) is 4.18. The third-order valence-electron chi connectivity index (χ3n) is 2.30. The van der Waals surface area contributed by atoms with Crippen molar-refractivity contribution in [3.8, 4) is 0 Å². The lowest BCUT2D eigenvalue weighted by molar-refractivity contribution is -0.611. The Morgan fingerprint density at radius 1 is 0.750 bits per heavy atom. The van der Waals surface area contributed by atoms with Crippen LogP contribution in [0.1, 0.15) is 0 Å². The average Bonchev–Trinajstić information content (AvgIpc) is 2.46. The summed E-state index contributed by atoms with van der Waals surface area (Å²) < 4.78 is 40.1. The van der Waals surface area contributed by atoms with Gasteiger partial charge in [0, 0.05) is 12.1 Å². The van der Waals surface area contributed by atoms with E-state index in [-0.39, 0.29) is 11.4 Å². The van der Waals surface area contributed by atoms with Crippen LogP contribution in [0.25, 0.3) is 0 Å². The molecule has 0 heterocycles. The van der Waals surface area contributed by atoms with E-state index in [0.717, 1.165) is 0 Å². The zero-order chi connectivity index (χ0) is 18.3. The number of para-hydroxylation sites is 2. The first-order valence-corrected chi connectivity index (χ1v) is 8.24.